The molecule has 0 amide bonds. The van der Waals surface area contributed by atoms with Crippen molar-refractivity contribution in [1.82, 2.24) is 9.38 Å². The summed E-state index contributed by atoms with van der Waals surface area (Å²) in [6.07, 6.45) is 3.35. The van der Waals surface area contributed by atoms with Gasteiger partial charge in [-0.1, -0.05) is 0 Å². The summed E-state index contributed by atoms with van der Waals surface area (Å²) in [5.41, 5.74) is 0.419. The molecule has 2 heterocycles. The van der Waals surface area contributed by atoms with Gasteiger partial charge in [0.05, 0.1) is 11.1 Å². The zero-order valence-corrected chi connectivity index (χ0v) is 8.50. The number of pyridine rings is 1. The van der Waals surface area contributed by atoms with Gasteiger partial charge in [0, 0.05) is 12.3 Å². The number of rotatable bonds is 1. The highest BCUT2D eigenvalue weighted by Gasteiger charge is 2.13. The van der Waals surface area contributed by atoms with E-state index in [4.69, 9.17) is 0 Å². The highest BCUT2D eigenvalue weighted by Crippen LogP contribution is 2.19. The van der Waals surface area contributed by atoms with Gasteiger partial charge in [-0.15, -0.1) is 0 Å². The third-order valence-electron chi connectivity index (χ3n) is 1.67. The summed E-state index contributed by atoms with van der Waals surface area (Å²) in [6, 6.07) is 3.08. The molecule has 0 N–H and O–H groups in total. The summed E-state index contributed by atoms with van der Waals surface area (Å²) in [4.78, 5) is 14.1. The van der Waals surface area contributed by atoms with Crippen molar-refractivity contribution in [2.75, 3.05) is 0 Å². The van der Waals surface area contributed by atoms with Gasteiger partial charge in [0.2, 0.25) is 5.65 Å². The molecule has 2 aromatic rings. The molecule has 13 heavy (non-hydrogen) atoms. The summed E-state index contributed by atoms with van der Waals surface area (Å²) >= 11 is 2.07. The van der Waals surface area contributed by atoms with Gasteiger partial charge in [-0.2, -0.15) is 0 Å². The molecule has 66 valence electrons. The van der Waals surface area contributed by atoms with Gasteiger partial charge in [-0.3, -0.25) is 14.5 Å². The van der Waals surface area contributed by atoms with E-state index in [0.29, 0.717) is 5.65 Å². The first-order valence-corrected chi connectivity index (χ1v) is 4.54. The summed E-state index contributed by atoms with van der Waals surface area (Å²) in [5.74, 6) is 0. The summed E-state index contributed by atoms with van der Waals surface area (Å²) < 4.78 is 2.54. The molecule has 2 rings (SSSR count). The van der Waals surface area contributed by atoms with E-state index in [1.807, 2.05) is 0 Å². The molecule has 0 aliphatic carbocycles. The smallest absolute Gasteiger partial charge is 0.289 e. The van der Waals surface area contributed by atoms with E-state index in [1.54, 1.807) is 22.9 Å². The van der Waals surface area contributed by atoms with Gasteiger partial charge in [0.1, 0.15) is 3.70 Å². The Labute approximate surface area is 86.7 Å². The van der Waals surface area contributed by atoms with Gasteiger partial charge in [-0.25, -0.2) is 4.98 Å². The van der Waals surface area contributed by atoms with Crippen molar-refractivity contribution in [2.24, 2.45) is 0 Å². The van der Waals surface area contributed by atoms with Crippen molar-refractivity contribution in [2.45, 2.75) is 0 Å². The minimum absolute atomic E-state index is 0.0328. The van der Waals surface area contributed by atoms with E-state index in [1.165, 1.54) is 6.07 Å². The second-order valence-corrected chi connectivity index (χ2v) is 3.53. The van der Waals surface area contributed by atoms with Crippen LogP contribution in [0.5, 0.6) is 0 Å². The third kappa shape index (κ3) is 1.26. The van der Waals surface area contributed by atoms with Gasteiger partial charge in [-0.05, 0) is 28.7 Å². The largest absolute Gasteiger partial charge is 0.312 e. The van der Waals surface area contributed by atoms with E-state index in [2.05, 4.69) is 27.6 Å². The highest BCUT2D eigenvalue weighted by molar-refractivity contribution is 14.1. The van der Waals surface area contributed by atoms with Gasteiger partial charge in [0.25, 0.3) is 0 Å². The normalized spacial score (nSPS) is 10.5. The number of hydrogen-bond donors (Lipinski definition) is 0. The van der Waals surface area contributed by atoms with Gasteiger partial charge < -0.3 is 0 Å². The van der Waals surface area contributed by atoms with Crippen molar-refractivity contribution in [3.05, 3.63) is 38.3 Å². The van der Waals surface area contributed by atoms with Crippen LogP contribution in [0.4, 0.5) is 5.69 Å². The molecule has 0 fully saturated rings. The average Bonchev–Trinajstić information content (AvgIpc) is 2.48. The number of hydrogen-bond acceptors (Lipinski definition) is 3. The first kappa shape index (κ1) is 8.42. The highest BCUT2D eigenvalue weighted by atomic mass is 127. The zero-order valence-electron chi connectivity index (χ0n) is 6.35. The van der Waals surface area contributed by atoms with Crippen LogP contribution in [-0.4, -0.2) is 14.3 Å². The number of nitrogens with zero attached hydrogens (tertiary/aromatic N) is 3. The average molecular weight is 289 g/mol. The molecule has 2 aromatic heterocycles. The van der Waals surface area contributed by atoms with Crippen LogP contribution < -0.4 is 0 Å². The topological polar surface area (TPSA) is 60.4 Å². The van der Waals surface area contributed by atoms with Crippen molar-refractivity contribution in [3.8, 4) is 0 Å². The standard InChI is InChI=1S/C7H4IN3O2/c8-6-4-9-7-5(11(12)13)2-1-3-10(6)7/h1-4H. The van der Waals surface area contributed by atoms with Crippen LogP contribution in [0, 0.1) is 13.8 Å². The Balaban J connectivity index is 2.84. The Bertz CT molecular complexity index is 480. The van der Waals surface area contributed by atoms with Crippen molar-refractivity contribution < 1.29 is 4.92 Å². The number of halogens is 1. The second kappa shape index (κ2) is 2.95. The molecule has 0 aromatic carbocycles. The molecular weight excluding hydrogens is 285 g/mol. The summed E-state index contributed by atoms with van der Waals surface area (Å²) in [5, 5.41) is 10.6. The van der Waals surface area contributed by atoms with E-state index in [-0.39, 0.29) is 5.69 Å². The van der Waals surface area contributed by atoms with E-state index in [9.17, 15) is 10.1 Å². The van der Waals surface area contributed by atoms with Gasteiger partial charge >= 0.3 is 5.69 Å². The van der Waals surface area contributed by atoms with Crippen molar-refractivity contribution >= 4 is 33.9 Å². The molecule has 0 bridgehead atoms. The van der Waals surface area contributed by atoms with Crippen LogP contribution in [-0.2, 0) is 0 Å². The van der Waals surface area contributed by atoms with E-state index >= 15 is 0 Å². The van der Waals surface area contributed by atoms with E-state index < -0.39 is 4.92 Å². The Kier molecular flexibility index (Phi) is 1.91. The molecule has 0 radical (unpaired) electrons. The number of aromatic nitrogens is 2. The lowest BCUT2D eigenvalue weighted by Gasteiger charge is -1.94. The molecule has 0 saturated carbocycles. The van der Waals surface area contributed by atoms with E-state index in [0.717, 1.165) is 3.70 Å². The van der Waals surface area contributed by atoms with Crippen molar-refractivity contribution in [1.29, 1.82) is 0 Å². The molecule has 0 aliphatic heterocycles. The zero-order chi connectivity index (χ0) is 9.42. The second-order valence-electron chi connectivity index (χ2n) is 2.43. The fraction of sp³-hybridized carbons (Fsp3) is 0. The maximum absolute atomic E-state index is 10.6. The first-order chi connectivity index (χ1) is 6.20. The number of imidazole rings is 1. The lowest BCUT2D eigenvalue weighted by molar-refractivity contribution is -0.383. The lowest BCUT2D eigenvalue weighted by atomic mass is 10.4. The molecule has 0 spiro atoms. The quantitative estimate of drug-likeness (QED) is 0.457. The lowest BCUT2D eigenvalue weighted by Crippen LogP contribution is -1.93. The molecule has 0 unspecified atom stereocenters. The summed E-state index contributed by atoms with van der Waals surface area (Å²) in [6.45, 7) is 0. The Hall–Kier alpha value is -1.18. The minimum atomic E-state index is -0.432. The minimum Gasteiger partial charge on any atom is -0.289 e. The Morgan fingerprint density at radius 1 is 1.62 bits per heavy atom. The Morgan fingerprint density at radius 3 is 3.08 bits per heavy atom. The summed E-state index contributed by atoms with van der Waals surface area (Å²) in [7, 11) is 0. The van der Waals surface area contributed by atoms with Crippen LogP contribution in [0.15, 0.2) is 24.5 Å². The third-order valence-corrected chi connectivity index (χ3v) is 2.46. The molecule has 0 atom stereocenters. The number of fused-ring (bicyclic) bond motifs is 1. The SMILES string of the molecule is O=[N+]([O-])c1cccn2c(I)cnc12. The van der Waals surface area contributed by atoms with Crippen molar-refractivity contribution in [3.63, 3.8) is 0 Å². The molecule has 6 heteroatoms. The fourth-order valence-corrected chi connectivity index (χ4v) is 1.64. The van der Waals surface area contributed by atoms with Crippen LogP contribution in [0.25, 0.3) is 5.65 Å². The van der Waals surface area contributed by atoms with Crippen LogP contribution >= 0.6 is 22.6 Å². The molecular formula is C7H4IN3O2. The van der Waals surface area contributed by atoms with Crippen LogP contribution in [0.2, 0.25) is 0 Å². The predicted molar refractivity (Wildman–Crippen MR) is 54.6 cm³/mol. The molecule has 5 nitrogen and oxygen atoms in total. The molecule has 0 saturated heterocycles. The maximum Gasteiger partial charge on any atom is 0.312 e. The number of nitro groups is 1. The monoisotopic (exact) mass is 289 g/mol. The van der Waals surface area contributed by atoms with Crippen LogP contribution in [0.3, 0.4) is 0 Å². The molecule has 0 aliphatic rings. The van der Waals surface area contributed by atoms with Crippen LogP contribution in [0.1, 0.15) is 0 Å². The maximum atomic E-state index is 10.6. The van der Waals surface area contributed by atoms with Gasteiger partial charge in [0.15, 0.2) is 0 Å². The Morgan fingerprint density at radius 2 is 2.38 bits per heavy atom. The first-order valence-electron chi connectivity index (χ1n) is 3.46. The fourth-order valence-electron chi connectivity index (χ4n) is 1.11. The predicted octanol–water partition coefficient (Wildman–Crippen LogP) is 1.85.